The minimum absolute atomic E-state index is 0.164. The van der Waals surface area contributed by atoms with Gasteiger partial charge in [-0.15, -0.1) is 0 Å². The standard InChI is InChI=1S/C25H20F2N4O3S/c1-14(2)35(32,33)31-20-13-16(11-12-19(20)29-25(31)28)22-23(15-7-4-3-5-8-15)34-24(30-22)21-17(26)9-6-10-18(21)27/h3-14H,1-2H3,(H2,28,29). The van der Waals surface area contributed by atoms with Gasteiger partial charge in [-0.05, 0) is 38.1 Å². The molecule has 2 N–H and O–H groups in total. The number of nitrogens with zero attached hydrogens (tertiary/aromatic N) is 3. The monoisotopic (exact) mass is 494 g/mol. The Kier molecular flexibility index (Phi) is 5.40. The van der Waals surface area contributed by atoms with Crippen LogP contribution in [0.15, 0.2) is 71.1 Å². The number of imidazole rings is 1. The number of hydrogen-bond acceptors (Lipinski definition) is 6. The first-order valence-corrected chi connectivity index (χ1v) is 12.2. The zero-order valence-electron chi connectivity index (χ0n) is 18.7. The minimum Gasteiger partial charge on any atom is -0.435 e. The molecule has 3 aromatic carbocycles. The summed E-state index contributed by atoms with van der Waals surface area (Å²) in [7, 11) is -3.81. The van der Waals surface area contributed by atoms with Crippen LogP contribution in [-0.2, 0) is 10.0 Å². The van der Waals surface area contributed by atoms with Crippen molar-refractivity contribution in [1.29, 1.82) is 0 Å². The second-order valence-electron chi connectivity index (χ2n) is 8.19. The molecule has 0 unspecified atom stereocenters. The highest BCUT2D eigenvalue weighted by Gasteiger charge is 2.26. The third-order valence-electron chi connectivity index (χ3n) is 5.60. The summed E-state index contributed by atoms with van der Waals surface area (Å²) < 4.78 is 61.8. The predicted molar refractivity (Wildman–Crippen MR) is 130 cm³/mol. The summed E-state index contributed by atoms with van der Waals surface area (Å²) in [6, 6.07) is 17.3. The zero-order valence-corrected chi connectivity index (χ0v) is 19.6. The third kappa shape index (κ3) is 3.75. The summed E-state index contributed by atoms with van der Waals surface area (Å²) in [6.07, 6.45) is 0. The van der Waals surface area contributed by atoms with Gasteiger partial charge in [0.25, 0.3) is 0 Å². The highest BCUT2D eigenvalue weighted by atomic mass is 32.2. The van der Waals surface area contributed by atoms with Gasteiger partial charge in [0.1, 0.15) is 22.9 Å². The first kappa shape index (κ1) is 22.7. The Labute approximate surface area is 199 Å². The molecule has 2 heterocycles. The molecule has 0 bridgehead atoms. The fraction of sp³-hybridized carbons (Fsp3) is 0.120. The van der Waals surface area contributed by atoms with Crippen LogP contribution in [0.2, 0.25) is 0 Å². The Morgan fingerprint density at radius 2 is 1.60 bits per heavy atom. The molecular formula is C25H20F2N4O3S. The molecule has 5 rings (SSSR count). The molecule has 0 saturated carbocycles. The predicted octanol–water partition coefficient (Wildman–Crippen LogP) is 5.47. The van der Waals surface area contributed by atoms with Crippen LogP contribution >= 0.6 is 0 Å². The van der Waals surface area contributed by atoms with E-state index in [0.717, 1.165) is 16.1 Å². The highest BCUT2D eigenvalue weighted by molar-refractivity contribution is 7.90. The van der Waals surface area contributed by atoms with Gasteiger partial charge in [0, 0.05) is 11.1 Å². The Bertz CT molecular complexity index is 1660. The lowest BCUT2D eigenvalue weighted by Gasteiger charge is -2.11. The van der Waals surface area contributed by atoms with Crippen molar-refractivity contribution >= 4 is 27.0 Å². The van der Waals surface area contributed by atoms with E-state index in [4.69, 9.17) is 10.2 Å². The Morgan fingerprint density at radius 1 is 0.914 bits per heavy atom. The van der Waals surface area contributed by atoms with E-state index in [-0.39, 0.29) is 28.8 Å². The number of anilines is 1. The number of rotatable bonds is 5. The molecule has 0 aliphatic heterocycles. The number of benzene rings is 3. The number of aromatic nitrogens is 3. The van der Waals surface area contributed by atoms with Crippen molar-refractivity contribution in [3.8, 4) is 34.0 Å². The molecule has 35 heavy (non-hydrogen) atoms. The van der Waals surface area contributed by atoms with Gasteiger partial charge in [0.2, 0.25) is 21.9 Å². The molecule has 0 spiro atoms. The molecule has 0 amide bonds. The minimum atomic E-state index is -3.81. The van der Waals surface area contributed by atoms with Gasteiger partial charge >= 0.3 is 0 Å². The van der Waals surface area contributed by atoms with Crippen molar-refractivity contribution in [2.45, 2.75) is 19.1 Å². The highest BCUT2D eigenvalue weighted by Crippen LogP contribution is 2.38. The number of nitrogen functional groups attached to an aromatic ring is 1. The number of fused-ring (bicyclic) bond motifs is 1. The normalized spacial score (nSPS) is 12.0. The van der Waals surface area contributed by atoms with Gasteiger partial charge in [0.05, 0.1) is 16.3 Å². The van der Waals surface area contributed by atoms with Gasteiger partial charge in [-0.25, -0.2) is 31.1 Å². The van der Waals surface area contributed by atoms with Crippen LogP contribution in [-0.4, -0.2) is 27.6 Å². The van der Waals surface area contributed by atoms with Gasteiger partial charge in [-0.3, -0.25) is 0 Å². The fourth-order valence-corrected chi connectivity index (χ4v) is 4.95. The lowest BCUT2D eigenvalue weighted by molar-refractivity contribution is 0.549. The van der Waals surface area contributed by atoms with Crippen LogP contribution < -0.4 is 5.73 Å². The number of oxazole rings is 1. The van der Waals surface area contributed by atoms with Crippen LogP contribution in [0.3, 0.4) is 0 Å². The van der Waals surface area contributed by atoms with Crippen LogP contribution in [0.5, 0.6) is 0 Å². The zero-order chi connectivity index (χ0) is 24.9. The molecule has 0 aliphatic rings. The molecule has 2 aromatic heterocycles. The molecule has 7 nitrogen and oxygen atoms in total. The van der Waals surface area contributed by atoms with E-state index in [9.17, 15) is 17.2 Å². The molecule has 0 fully saturated rings. The largest absolute Gasteiger partial charge is 0.435 e. The Balaban J connectivity index is 1.78. The van der Waals surface area contributed by atoms with Gasteiger partial charge in [-0.1, -0.05) is 42.5 Å². The van der Waals surface area contributed by atoms with Crippen LogP contribution in [0.25, 0.3) is 45.1 Å². The molecule has 0 atom stereocenters. The first-order chi connectivity index (χ1) is 16.7. The van der Waals surface area contributed by atoms with Crippen molar-refractivity contribution in [1.82, 2.24) is 13.9 Å². The van der Waals surface area contributed by atoms with E-state index < -0.39 is 32.5 Å². The SMILES string of the molecule is CC(C)S(=O)(=O)n1c(N)nc2ccc(-c3nc(-c4c(F)cccc4F)oc3-c3ccccc3)cc21. The maximum Gasteiger partial charge on any atom is 0.244 e. The van der Waals surface area contributed by atoms with Gasteiger partial charge < -0.3 is 10.2 Å². The van der Waals surface area contributed by atoms with Crippen molar-refractivity contribution in [3.63, 3.8) is 0 Å². The van der Waals surface area contributed by atoms with E-state index in [1.807, 2.05) is 6.07 Å². The summed E-state index contributed by atoms with van der Waals surface area (Å²) in [4.78, 5) is 8.60. The summed E-state index contributed by atoms with van der Waals surface area (Å²) in [5, 5.41) is -0.742. The maximum atomic E-state index is 14.5. The van der Waals surface area contributed by atoms with E-state index in [1.54, 1.807) is 56.3 Å². The molecule has 10 heteroatoms. The number of nitrogens with two attached hydrogens (primary N) is 1. The van der Waals surface area contributed by atoms with E-state index in [2.05, 4.69) is 9.97 Å². The Hall–Kier alpha value is -4.05. The van der Waals surface area contributed by atoms with E-state index in [1.165, 1.54) is 6.07 Å². The van der Waals surface area contributed by atoms with Gasteiger partial charge in [0.15, 0.2) is 5.76 Å². The van der Waals surface area contributed by atoms with E-state index in [0.29, 0.717) is 16.6 Å². The number of hydrogen-bond donors (Lipinski definition) is 1. The second-order valence-corrected chi connectivity index (χ2v) is 10.5. The van der Waals surface area contributed by atoms with Gasteiger partial charge in [-0.2, -0.15) is 0 Å². The molecular weight excluding hydrogens is 474 g/mol. The first-order valence-electron chi connectivity index (χ1n) is 10.7. The van der Waals surface area contributed by atoms with Crippen LogP contribution in [0, 0.1) is 11.6 Å². The quantitative estimate of drug-likeness (QED) is 0.347. The molecule has 0 saturated heterocycles. The third-order valence-corrected chi connectivity index (χ3v) is 7.68. The van der Waals surface area contributed by atoms with Crippen LogP contribution in [0.4, 0.5) is 14.7 Å². The summed E-state index contributed by atoms with van der Waals surface area (Å²) in [5.41, 5.74) is 7.56. The molecule has 0 aliphatic carbocycles. The molecule has 5 aromatic rings. The summed E-state index contributed by atoms with van der Waals surface area (Å²) in [5.74, 6) is -1.77. The summed E-state index contributed by atoms with van der Waals surface area (Å²) in [6.45, 7) is 3.09. The summed E-state index contributed by atoms with van der Waals surface area (Å²) >= 11 is 0. The van der Waals surface area contributed by atoms with Crippen molar-refractivity contribution < 1.29 is 21.6 Å². The smallest absolute Gasteiger partial charge is 0.244 e. The van der Waals surface area contributed by atoms with Crippen molar-refractivity contribution in [2.75, 3.05) is 5.73 Å². The number of halogens is 2. The second kappa shape index (κ2) is 8.31. The van der Waals surface area contributed by atoms with E-state index >= 15 is 0 Å². The lowest BCUT2D eigenvalue weighted by Crippen LogP contribution is -2.23. The topological polar surface area (TPSA) is 104 Å². The van der Waals surface area contributed by atoms with Crippen molar-refractivity contribution in [2.24, 2.45) is 0 Å². The average molecular weight is 495 g/mol. The lowest BCUT2D eigenvalue weighted by atomic mass is 10.1. The maximum absolute atomic E-state index is 14.5. The fourth-order valence-electron chi connectivity index (χ4n) is 3.81. The Morgan fingerprint density at radius 3 is 2.26 bits per heavy atom. The van der Waals surface area contributed by atoms with Crippen molar-refractivity contribution in [3.05, 3.63) is 78.4 Å². The average Bonchev–Trinajstić information content (AvgIpc) is 3.40. The molecule has 178 valence electrons. The van der Waals surface area contributed by atoms with Crippen LogP contribution in [0.1, 0.15) is 13.8 Å². The molecule has 0 radical (unpaired) electrons.